The summed E-state index contributed by atoms with van der Waals surface area (Å²) in [5, 5.41) is 0. The summed E-state index contributed by atoms with van der Waals surface area (Å²) >= 11 is 3.75. The fraction of sp³-hybridized carbons (Fsp3) is 0.444. The Labute approximate surface area is 87.7 Å². The number of thiol groups is 1. The van der Waals surface area contributed by atoms with Crippen LogP contribution in [0.4, 0.5) is 0 Å². The molecule has 0 rings (SSSR count). The van der Waals surface area contributed by atoms with Gasteiger partial charge in [0, 0.05) is 5.57 Å². The minimum atomic E-state index is -1.13. The first-order valence-electron chi connectivity index (χ1n) is 3.86. The highest BCUT2D eigenvalue weighted by Gasteiger charge is 2.29. The van der Waals surface area contributed by atoms with Gasteiger partial charge in [-0.05, 0) is 6.92 Å². The van der Waals surface area contributed by atoms with Crippen molar-refractivity contribution in [2.75, 3.05) is 12.9 Å². The Morgan fingerprint density at radius 3 is 2.21 bits per heavy atom. The van der Waals surface area contributed by atoms with Gasteiger partial charge in [-0.3, -0.25) is 9.59 Å². The van der Waals surface area contributed by atoms with E-state index in [4.69, 9.17) is 0 Å². The van der Waals surface area contributed by atoms with Gasteiger partial charge in [0.2, 0.25) is 0 Å². The number of Topliss-reactive ketones (excluding diaryl/α,β-unsaturated/α-hetero) is 2. The minimum Gasteiger partial charge on any atom is -0.466 e. The Bertz CT molecular complexity index is 283. The molecule has 0 N–H and O–H groups in total. The quantitative estimate of drug-likeness (QED) is 0.313. The van der Waals surface area contributed by atoms with Crippen LogP contribution in [-0.2, 0) is 19.1 Å². The zero-order valence-electron chi connectivity index (χ0n) is 8.07. The molecule has 0 heterocycles. The Kier molecular flexibility index (Phi) is 5.15. The first-order chi connectivity index (χ1) is 6.45. The van der Waals surface area contributed by atoms with Crippen molar-refractivity contribution >= 4 is 30.2 Å². The summed E-state index contributed by atoms with van der Waals surface area (Å²) in [4.78, 5) is 33.4. The van der Waals surface area contributed by atoms with Crippen molar-refractivity contribution in [2.24, 2.45) is 5.92 Å². The van der Waals surface area contributed by atoms with Crippen molar-refractivity contribution in [1.82, 2.24) is 0 Å². The molecule has 1 atom stereocenters. The molecular weight excluding hydrogens is 204 g/mol. The van der Waals surface area contributed by atoms with Gasteiger partial charge in [-0.25, -0.2) is 4.79 Å². The van der Waals surface area contributed by atoms with Crippen LogP contribution >= 0.6 is 12.6 Å². The lowest BCUT2D eigenvalue weighted by atomic mass is 9.93. The number of hydrogen-bond acceptors (Lipinski definition) is 5. The average molecular weight is 216 g/mol. The number of methoxy groups -OCH3 is 1. The fourth-order valence-corrected chi connectivity index (χ4v) is 1.19. The van der Waals surface area contributed by atoms with E-state index in [0.717, 1.165) is 7.11 Å². The molecule has 0 spiro atoms. The molecule has 0 bridgehead atoms. The Morgan fingerprint density at radius 2 is 1.93 bits per heavy atom. The summed E-state index contributed by atoms with van der Waals surface area (Å²) in [6.07, 6.45) is 0. The third kappa shape index (κ3) is 2.99. The van der Waals surface area contributed by atoms with Crippen LogP contribution in [0.1, 0.15) is 6.92 Å². The molecule has 4 nitrogen and oxygen atoms in total. The van der Waals surface area contributed by atoms with Crippen molar-refractivity contribution in [3.63, 3.8) is 0 Å². The van der Waals surface area contributed by atoms with Gasteiger partial charge in [-0.15, -0.1) is 0 Å². The first kappa shape index (κ1) is 12.9. The molecule has 0 aromatic heterocycles. The second-order valence-corrected chi connectivity index (χ2v) is 3.00. The molecule has 0 aliphatic heterocycles. The van der Waals surface area contributed by atoms with Crippen molar-refractivity contribution in [3.05, 3.63) is 12.2 Å². The van der Waals surface area contributed by atoms with Crippen molar-refractivity contribution in [2.45, 2.75) is 6.92 Å². The van der Waals surface area contributed by atoms with E-state index < -0.39 is 23.5 Å². The number of ether oxygens (including phenoxy) is 1. The molecule has 0 aromatic carbocycles. The van der Waals surface area contributed by atoms with Crippen LogP contribution in [0, 0.1) is 5.92 Å². The second-order valence-electron chi connectivity index (χ2n) is 2.68. The molecule has 0 saturated heterocycles. The number of hydrogen-bond donors (Lipinski definition) is 1. The third-order valence-electron chi connectivity index (χ3n) is 1.68. The van der Waals surface area contributed by atoms with E-state index in [1.165, 1.54) is 6.92 Å². The molecule has 14 heavy (non-hydrogen) atoms. The topological polar surface area (TPSA) is 60.4 Å². The zero-order valence-corrected chi connectivity index (χ0v) is 8.97. The maximum absolute atomic E-state index is 11.2. The van der Waals surface area contributed by atoms with Crippen LogP contribution in [0.15, 0.2) is 12.2 Å². The summed E-state index contributed by atoms with van der Waals surface area (Å²) in [7, 11) is 1.16. The summed E-state index contributed by atoms with van der Waals surface area (Å²) in [5.74, 6) is -2.86. The molecule has 0 radical (unpaired) electrons. The standard InChI is InChI=1S/C9H12O4S/c1-5(9(12)13-3)8(6(2)10)7(11)4-14/h8,14H,1,4H2,2-3H3. The number of carbonyl (C=O) groups is 3. The molecule has 0 saturated carbocycles. The average Bonchev–Trinajstić information content (AvgIpc) is 2.15. The molecule has 0 aliphatic carbocycles. The fourth-order valence-electron chi connectivity index (χ4n) is 1.01. The van der Waals surface area contributed by atoms with Crippen LogP contribution in [0.25, 0.3) is 0 Å². The smallest absolute Gasteiger partial charge is 0.334 e. The van der Waals surface area contributed by atoms with Gasteiger partial charge < -0.3 is 4.74 Å². The molecule has 0 fully saturated rings. The van der Waals surface area contributed by atoms with Gasteiger partial charge in [0.05, 0.1) is 12.9 Å². The van der Waals surface area contributed by atoms with Crippen molar-refractivity contribution < 1.29 is 19.1 Å². The van der Waals surface area contributed by atoms with Gasteiger partial charge in [-0.2, -0.15) is 12.6 Å². The Balaban J connectivity index is 4.84. The van der Waals surface area contributed by atoms with Gasteiger partial charge in [-0.1, -0.05) is 6.58 Å². The van der Waals surface area contributed by atoms with E-state index in [0.29, 0.717) is 0 Å². The van der Waals surface area contributed by atoms with Crippen LogP contribution in [0.3, 0.4) is 0 Å². The van der Waals surface area contributed by atoms with Crippen LogP contribution in [0.2, 0.25) is 0 Å². The second kappa shape index (κ2) is 5.59. The first-order valence-corrected chi connectivity index (χ1v) is 4.50. The van der Waals surface area contributed by atoms with Crippen molar-refractivity contribution in [1.29, 1.82) is 0 Å². The Hall–Kier alpha value is -1.10. The summed E-state index contributed by atoms with van der Waals surface area (Å²) in [5.41, 5.74) is -0.140. The van der Waals surface area contributed by atoms with Gasteiger partial charge in [0.15, 0.2) is 5.78 Å². The van der Waals surface area contributed by atoms with E-state index >= 15 is 0 Å². The van der Waals surface area contributed by atoms with Crippen LogP contribution < -0.4 is 0 Å². The molecular formula is C9H12O4S. The normalized spacial score (nSPS) is 11.6. The molecule has 5 heteroatoms. The number of esters is 1. The molecule has 0 aromatic rings. The van der Waals surface area contributed by atoms with E-state index in [1.54, 1.807) is 0 Å². The van der Waals surface area contributed by atoms with E-state index in [-0.39, 0.29) is 11.3 Å². The summed E-state index contributed by atoms with van der Waals surface area (Å²) in [6, 6.07) is 0. The SMILES string of the molecule is C=C(C(=O)OC)C(C(C)=O)C(=O)CS. The molecule has 0 aliphatic rings. The van der Waals surface area contributed by atoms with Crippen molar-refractivity contribution in [3.8, 4) is 0 Å². The number of carbonyl (C=O) groups excluding carboxylic acids is 3. The third-order valence-corrected chi connectivity index (χ3v) is 1.99. The lowest BCUT2D eigenvalue weighted by Crippen LogP contribution is -2.28. The minimum absolute atomic E-state index is 0.111. The lowest BCUT2D eigenvalue weighted by molar-refractivity contribution is -0.140. The zero-order chi connectivity index (χ0) is 11.3. The summed E-state index contributed by atoms with van der Waals surface area (Å²) < 4.78 is 4.37. The number of ketones is 2. The highest BCUT2D eigenvalue weighted by atomic mass is 32.1. The molecule has 1 unspecified atom stereocenters. The maximum Gasteiger partial charge on any atom is 0.334 e. The highest BCUT2D eigenvalue weighted by Crippen LogP contribution is 2.14. The predicted molar refractivity (Wildman–Crippen MR) is 54.2 cm³/mol. The highest BCUT2D eigenvalue weighted by molar-refractivity contribution is 7.81. The number of rotatable bonds is 5. The lowest BCUT2D eigenvalue weighted by Gasteiger charge is -2.12. The largest absolute Gasteiger partial charge is 0.466 e. The predicted octanol–water partition coefficient (Wildman–Crippen LogP) is 0.420. The van der Waals surface area contributed by atoms with E-state index in [1.807, 2.05) is 0 Å². The van der Waals surface area contributed by atoms with Crippen LogP contribution in [-0.4, -0.2) is 30.4 Å². The molecule has 0 amide bonds. The summed E-state index contributed by atoms with van der Waals surface area (Å²) in [6.45, 7) is 4.59. The monoisotopic (exact) mass is 216 g/mol. The molecule has 78 valence electrons. The van der Waals surface area contributed by atoms with E-state index in [9.17, 15) is 14.4 Å². The van der Waals surface area contributed by atoms with Gasteiger partial charge in [0.25, 0.3) is 0 Å². The van der Waals surface area contributed by atoms with Crippen LogP contribution in [0.5, 0.6) is 0 Å². The van der Waals surface area contributed by atoms with Gasteiger partial charge >= 0.3 is 5.97 Å². The van der Waals surface area contributed by atoms with Gasteiger partial charge in [0.1, 0.15) is 11.7 Å². The Morgan fingerprint density at radius 1 is 1.43 bits per heavy atom. The van der Waals surface area contributed by atoms with E-state index in [2.05, 4.69) is 23.9 Å². The maximum atomic E-state index is 11.2.